The van der Waals surface area contributed by atoms with Gasteiger partial charge in [-0.1, -0.05) is 19.1 Å². The largest absolute Gasteiger partial charge is 0.492 e. The first-order valence-corrected chi connectivity index (χ1v) is 8.78. The zero-order valence-corrected chi connectivity index (χ0v) is 14.7. The highest BCUT2D eigenvalue weighted by molar-refractivity contribution is 6.03. The molecule has 1 fully saturated rings. The molecule has 1 amide bonds. The molecule has 0 aliphatic carbocycles. The Morgan fingerprint density at radius 2 is 2.04 bits per heavy atom. The molecule has 6 heteroatoms. The van der Waals surface area contributed by atoms with Crippen molar-refractivity contribution in [3.63, 3.8) is 0 Å². The van der Waals surface area contributed by atoms with Crippen molar-refractivity contribution in [1.29, 1.82) is 0 Å². The number of benzene rings is 1. The number of aromatic nitrogens is 2. The molecular weight excluding hydrogens is 316 g/mol. The van der Waals surface area contributed by atoms with Crippen LogP contribution in [0.3, 0.4) is 0 Å². The van der Waals surface area contributed by atoms with Gasteiger partial charge in [-0.15, -0.1) is 0 Å². The second-order valence-corrected chi connectivity index (χ2v) is 6.29. The van der Waals surface area contributed by atoms with E-state index in [1.807, 2.05) is 31.2 Å². The Kier molecular flexibility index (Phi) is 5.48. The number of anilines is 2. The Hall–Kier alpha value is -2.63. The monoisotopic (exact) mass is 340 g/mol. The summed E-state index contributed by atoms with van der Waals surface area (Å²) in [5.74, 6) is 1.74. The molecule has 1 N–H and O–H groups in total. The van der Waals surface area contributed by atoms with E-state index in [1.54, 1.807) is 12.3 Å². The van der Waals surface area contributed by atoms with Gasteiger partial charge in [-0.05, 0) is 43.9 Å². The van der Waals surface area contributed by atoms with Crippen LogP contribution in [0.15, 0.2) is 36.5 Å². The number of nitrogens with one attached hydrogen (secondary N) is 1. The van der Waals surface area contributed by atoms with Gasteiger partial charge < -0.3 is 15.0 Å². The van der Waals surface area contributed by atoms with Crippen LogP contribution in [0.4, 0.5) is 11.6 Å². The number of nitrogens with zero attached hydrogens (tertiary/aromatic N) is 3. The molecule has 0 spiro atoms. The van der Waals surface area contributed by atoms with E-state index in [0.717, 1.165) is 31.8 Å². The van der Waals surface area contributed by atoms with Gasteiger partial charge >= 0.3 is 0 Å². The quantitative estimate of drug-likeness (QED) is 0.904. The first kappa shape index (κ1) is 17.2. The first-order chi connectivity index (χ1) is 12.2. The van der Waals surface area contributed by atoms with Gasteiger partial charge in [0.1, 0.15) is 11.4 Å². The van der Waals surface area contributed by atoms with Crippen LogP contribution in [0.1, 0.15) is 37.2 Å². The zero-order valence-electron chi connectivity index (χ0n) is 14.7. The average Bonchev–Trinajstić information content (AvgIpc) is 2.64. The fourth-order valence-corrected chi connectivity index (χ4v) is 2.87. The lowest BCUT2D eigenvalue weighted by Gasteiger charge is -2.30. The maximum atomic E-state index is 12.6. The Balaban J connectivity index is 1.74. The lowest BCUT2D eigenvalue weighted by Crippen LogP contribution is -2.34. The van der Waals surface area contributed by atoms with E-state index >= 15 is 0 Å². The third kappa shape index (κ3) is 4.26. The van der Waals surface area contributed by atoms with Crippen LogP contribution < -0.4 is 15.0 Å². The Bertz CT molecular complexity index is 727. The molecular formula is C19H24N4O2. The Morgan fingerprint density at radius 3 is 2.80 bits per heavy atom. The van der Waals surface area contributed by atoms with Gasteiger partial charge in [0.05, 0.1) is 12.3 Å². The standard InChI is InChI=1S/C19H24N4O2/c1-3-25-17-7-5-4-6-15(17)21-18(24)16-8-11-20-19(22-16)23-12-9-14(2)10-13-23/h4-8,11,14H,3,9-10,12-13H2,1-2H3,(H,21,24). The third-order valence-electron chi connectivity index (χ3n) is 4.38. The molecule has 6 nitrogen and oxygen atoms in total. The highest BCUT2D eigenvalue weighted by Crippen LogP contribution is 2.24. The van der Waals surface area contributed by atoms with Crippen molar-refractivity contribution < 1.29 is 9.53 Å². The summed E-state index contributed by atoms with van der Waals surface area (Å²) < 4.78 is 5.55. The molecule has 1 aliphatic rings. The minimum Gasteiger partial charge on any atom is -0.492 e. The van der Waals surface area contributed by atoms with Gasteiger partial charge in [-0.25, -0.2) is 9.97 Å². The van der Waals surface area contributed by atoms with Crippen molar-refractivity contribution in [2.24, 2.45) is 5.92 Å². The molecule has 1 aliphatic heterocycles. The van der Waals surface area contributed by atoms with Crippen LogP contribution >= 0.6 is 0 Å². The van der Waals surface area contributed by atoms with Crippen LogP contribution in [0.25, 0.3) is 0 Å². The van der Waals surface area contributed by atoms with E-state index in [-0.39, 0.29) is 5.91 Å². The highest BCUT2D eigenvalue weighted by atomic mass is 16.5. The van der Waals surface area contributed by atoms with Crippen molar-refractivity contribution in [2.45, 2.75) is 26.7 Å². The molecule has 2 aromatic rings. The lowest BCUT2D eigenvalue weighted by molar-refractivity contribution is 0.102. The molecule has 0 atom stereocenters. The second-order valence-electron chi connectivity index (χ2n) is 6.29. The van der Waals surface area contributed by atoms with Crippen molar-refractivity contribution >= 4 is 17.5 Å². The van der Waals surface area contributed by atoms with Crippen LogP contribution in [0, 0.1) is 5.92 Å². The number of para-hydroxylation sites is 2. The van der Waals surface area contributed by atoms with E-state index in [0.29, 0.717) is 29.7 Å². The van der Waals surface area contributed by atoms with Gasteiger partial charge in [-0.3, -0.25) is 4.79 Å². The number of amides is 1. The predicted molar refractivity (Wildman–Crippen MR) is 98.2 cm³/mol. The van der Waals surface area contributed by atoms with E-state index in [2.05, 4.69) is 27.1 Å². The van der Waals surface area contributed by atoms with Crippen molar-refractivity contribution in [3.8, 4) is 5.75 Å². The molecule has 2 heterocycles. The highest BCUT2D eigenvalue weighted by Gasteiger charge is 2.19. The fourth-order valence-electron chi connectivity index (χ4n) is 2.87. The number of piperidine rings is 1. The summed E-state index contributed by atoms with van der Waals surface area (Å²) in [6.45, 7) is 6.57. The molecule has 0 unspecified atom stereocenters. The lowest BCUT2D eigenvalue weighted by atomic mass is 10.00. The molecule has 3 rings (SSSR count). The van der Waals surface area contributed by atoms with E-state index in [4.69, 9.17) is 4.74 Å². The average molecular weight is 340 g/mol. The van der Waals surface area contributed by atoms with Crippen LogP contribution in [-0.2, 0) is 0 Å². The molecule has 25 heavy (non-hydrogen) atoms. The van der Waals surface area contributed by atoms with Gasteiger partial charge in [0.15, 0.2) is 0 Å². The van der Waals surface area contributed by atoms with Crippen molar-refractivity contribution in [1.82, 2.24) is 9.97 Å². The SMILES string of the molecule is CCOc1ccccc1NC(=O)c1ccnc(N2CCC(C)CC2)n1. The normalized spacial score (nSPS) is 15.0. The topological polar surface area (TPSA) is 67.3 Å². The van der Waals surface area contributed by atoms with Gasteiger partial charge in [0.2, 0.25) is 5.95 Å². The van der Waals surface area contributed by atoms with Crippen molar-refractivity contribution in [2.75, 3.05) is 29.9 Å². The zero-order chi connectivity index (χ0) is 17.6. The van der Waals surface area contributed by atoms with Gasteiger partial charge in [0, 0.05) is 19.3 Å². The minimum atomic E-state index is -0.263. The second kappa shape index (κ2) is 7.96. The number of hydrogen-bond acceptors (Lipinski definition) is 5. The molecule has 0 radical (unpaired) electrons. The summed E-state index contributed by atoms with van der Waals surface area (Å²) in [6, 6.07) is 9.02. The van der Waals surface area contributed by atoms with Gasteiger partial charge in [-0.2, -0.15) is 0 Å². The maximum absolute atomic E-state index is 12.6. The number of carbonyl (C=O) groups excluding carboxylic acids is 1. The number of hydrogen-bond donors (Lipinski definition) is 1. The van der Waals surface area contributed by atoms with Gasteiger partial charge in [0.25, 0.3) is 5.91 Å². The summed E-state index contributed by atoms with van der Waals surface area (Å²) in [5, 5.41) is 2.88. The Labute approximate surface area is 148 Å². The maximum Gasteiger partial charge on any atom is 0.274 e. The fraction of sp³-hybridized carbons (Fsp3) is 0.421. The summed E-state index contributed by atoms with van der Waals surface area (Å²) in [4.78, 5) is 23.5. The third-order valence-corrected chi connectivity index (χ3v) is 4.38. The number of ether oxygens (including phenoxy) is 1. The summed E-state index contributed by atoms with van der Waals surface area (Å²) in [5.41, 5.74) is 0.997. The van der Waals surface area contributed by atoms with E-state index < -0.39 is 0 Å². The van der Waals surface area contributed by atoms with E-state index in [9.17, 15) is 4.79 Å². The summed E-state index contributed by atoms with van der Waals surface area (Å²) >= 11 is 0. The van der Waals surface area contributed by atoms with E-state index in [1.165, 1.54) is 0 Å². The van der Waals surface area contributed by atoms with Crippen LogP contribution in [0.5, 0.6) is 5.75 Å². The van der Waals surface area contributed by atoms with Crippen molar-refractivity contribution in [3.05, 3.63) is 42.2 Å². The molecule has 0 bridgehead atoms. The number of carbonyl (C=O) groups is 1. The molecule has 1 aromatic heterocycles. The minimum absolute atomic E-state index is 0.263. The predicted octanol–water partition coefficient (Wildman–Crippen LogP) is 3.36. The smallest absolute Gasteiger partial charge is 0.274 e. The molecule has 1 saturated heterocycles. The molecule has 132 valence electrons. The summed E-state index contributed by atoms with van der Waals surface area (Å²) in [7, 11) is 0. The first-order valence-electron chi connectivity index (χ1n) is 8.78. The van der Waals surface area contributed by atoms with Crippen LogP contribution in [0.2, 0.25) is 0 Å². The Morgan fingerprint density at radius 1 is 1.28 bits per heavy atom. The van der Waals surface area contributed by atoms with Crippen LogP contribution in [-0.4, -0.2) is 35.6 Å². The molecule has 1 aromatic carbocycles. The molecule has 0 saturated carbocycles. The number of rotatable bonds is 5. The summed E-state index contributed by atoms with van der Waals surface area (Å²) in [6.07, 6.45) is 3.90.